The molecule has 0 atom stereocenters. The van der Waals surface area contributed by atoms with Crippen molar-refractivity contribution in [2.75, 3.05) is 32.6 Å². The van der Waals surface area contributed by atoms with Gasteiger partial charge in [0, 0.05) is 18.6 Å². The number of nitrogens with one attached hydrogen (secondary N) is 2. The smallest absolute Gasteiger partial charge is 0.277 e. The molecule has 0 spiro atoms. The van der Waals surface area contributed by atoms with Gasteiger partial charge in [0.1, 0.15) is 12.2 Å². The van der Waals surface area contributed by atoms with Crippen LogP contribution in [0.5, 0.6) is 0 Å². The van der Waals surface area contributed by atoms with Gasteiger partial charge in [0.05, 0.1) is 34.9 Å². The van der Waals surface area contributed by atoms with Crippen LogP contribution in [0.1, 0.15) is 10.4 Å². The highest BCUT2D eigenvalue weighted by molar-refractivity contribution is 9.10. The van der Waals surface area contributed by atoms with Crippen molar-refractivity contribution in [2.45, 2.75) is 0 Å². The number of carbonyl (C=O) groups is 1. The minimum Gasteiger partial charge on any atom is -0.369 e. The molecule has 29 heavy (non-hydrogen) atoms. The van der Waals surface area contributed by atoms with E-state index < -0.39 is 11.7 Å². The Labute approximate surface area is 180 Å². The van der Waals surface area contributed by atoms with Gasteiger partial charge in [-0.3, -0.25) is 9.63 Å². The lowest BCUT2D eigenvalue weighted by atomic mass is 10.1. The second-order valence-corrected chi connectivity index (χ2v) is 7.23. The van der Waals surface area contributed by atoms with Gasteiger partial charge >= 0.3 is 0 Å². The molecule has 154 valence electrons. The molecule has 0 aliphatic carbocycles. The summed E-state index contributed by atoms with van der Waals surface area (Å²) in [6.45, 7) is -0.239. The predicted molar refractivity (Wildman–Crippen MR) is 115 cm³/mol. The van der Waals surface area contributed by atoms with Crippen LogP contribution in [0.4, 0.5) is 21.5 Å². The Morgan fingerprint density at radius 3 is 2.76 bits per heavy atom. The fourth-order valence-electron chi connectivity index (χ4n) is 2.13. The Bertz CT molecular complexity index is 927. The van der Waals surface area contributed by atoms with Crippen molar-refractivity contribution in [1.82, 2.24) is 10.4 Å². The topological polar surface area (TPSA) is 95.4 Å². The van der Waals surface area contributed by atoms with Crippen molar-refractivity contribution < 1.29 is 14.0 Å². The SMILES string of the molecule is CN(C)C=Nc1ccc(C(=O)NOCCN=O)c(Nc2ccc(Br)cc2Cl)c1F. The maximum atomic E-state index is 15.2. The molecule has 0 aromatic heterocycles. The first-order chi connectivity index (χ1) is 13.8. The Morgan fingerprint density at radius 2 is 2.10 bits per heavy atom. The van der Waals surface area contributed by atoms with Crippen LogP contribution in [-0.4, -0.2) is 44.4 Å². The molecule has 8 nitrogen and oxygen atoms in total. The summed E-state index contributed by atoms with van der Waals surface area (Å²) in [4.78, 5) is 33.1. The van der Waals surface area contributed by atoms with E-state index in [4.69, 9.17) is 16.4 Å². The van der Waals surface area contributed by atoms with E-state index in [1.807, 2.05) is 0 Å². The molecule has 0 aliphatic rings. The van der Waals surface area contributed by atoms with Gasteiger partial charge < -0.3 is 10.2 Å². The lowest BCUT2D eigenvalue weighted by Crippen LogP contribution is -2.26. The number of nitroso groups, excluding NO2 is 1. The maximum Gasteiger partial charge on any atom is 0.277 e. The third kappa shape index (κ3) is 6.48. The number of hydrogen-bond donors (Lipinski definition) is 2. The highest BCUT2D eigenvalue weighted by Crippen LogP contribution is 2.34. The number of halogens is 3. The van der Waals surface area contributed by atoms with Crippen molar-refractivity contribution in [3.63, 3.8) is 0 Å². The minimum absolute atomic E-state index is 0.0251. The lowest BCUT2D eigenvalue weighted by Gasteiger charge is -2.15. The number of amides is 1. The second-order valence-electron chi connectivity index (χ2n) is 5.91. The van der Waals surface area contributed by atoms with Gasteiger partial charge in [-0.25, -0.2) is 14.9 Å². The second kappa shape index (κ2) is 10.8. The molecular formula is C18H18BrClFN5O3. The van der Waals surface area contributed by atoms with E-state index in [1.54, 1.807) is 37.2 Å². The molecule has 0 heterocycles. The molecule has 2 N–H and O–H groups in total. The maximum absolute atomic E-state index is 15.2. The molecule has 1 amide bonds. The first-order valence-corrected chi connectivity index (χ1v) is 9.47. The number of aliphatic imine (C=N–C) groups is 1. The van der Waals surface area contributed by atoms with Crippen LogP contribution < -0.4 is 10.8 Å². The predicted octanol–water partition coefficient (Wildman–Crippen LogP) is 4.63. The zero-order valence-electron chi connectivity index (χ0n) is 15.6. The van der Waals surface area contributed by atoms with Crippen LogP contribution in [0.15, 0.2) is 45.0 Å². The molecule has 2 aromatic rings. The number of rotatable bonds is 9. The van der Waals surface area contributed by atoms with Crippen LogP contribution >= 0.6 is 27.5 Å². The minimum atomic E-state index is -0.746. The van der Waals surface area contributed by atoms with Gasteiger partial charge in [-0.15, -0.1) is 0 Å². The van der Waals surface area contributed by atoms with Crippen molar-refractivity contribution in [2.24, 2.45) is 10.2 Å². The Morgan fingerprint density at radius 1 is 1.34 bits per heavy atom. The summed E-state index contributed by atoms with van der Waals surface area (Å²) in [5, 5.41) is 5.79. The largest absolute Gasteiger partial charge is 0.369 e. The van der Waals surface area contributed by atoms with Crippen molar-refractivity contribution >= 4 is 56.8 Å². The van der Waals surface area contributed by atoms with Crippen molar-refractivity contribution in [3.8, 4) is 0 Å². The Kier molecular flexibility index (Phi) is 8.50. The fourth-order valence-corrected chi connectivity index (χ4v) is 2.85. The van der Waals surface area contributed by atoms with Crippen LogP contribution in [-0.2, 0) is 4.84 Å². The van der Waals surface area contributed by atoms with Crippen molar-refractivity contribution in [1.29, 1.82) is 0 Å². The van der Waals surface area contributed by atoms with E-state index in [9.17, 15) is 9.70 Å². The number of benzene rings is 2. The third-order valence-electron chi connectivity index (χ3n) is 3.43. The summed E-state index contributed by atoms with van der Waals surface area (Å²) in [7, 11) is 3.49. The van der Waals surface area contributed by atoms with Gasteiger partial charge in [0.2, 0.25) is 0 Å². The van der Waals surface area contributed by atoms with E-state index in [-0.39, 0.29) is 30.1 Å². The number of hydrogen-bond acceptors (Lipinski definition) is 6. The zero-order valence-corrected chi connectivity index (χ0v) is 17.9. The van der Waals surface area contributed by atoms with Crippen LogP contribution in [0.25, 0.3) is 0 Å². The molecule has 0 aliphatic heterocycles. The number of anilines is 2. The molecule has 0 fully saturated rings. The van der Waals surface area contributed by atoms with Gasteiger partial charge in [-0.1, -0.05) is 32.7 Å². The summed E-state index contributed by atoms with van der Waals surface area (Å²) in [5.41, 5.74) is 2.40. The van der Waals surface area contributed by atoms with E-state index in [0.717, 1.165) is 4.47 Å². The van der Waals surface area contributed by atoms with E-state index >= 15 is 4.39 Å². The summed E-state index contributed by atoms with van der Waals surface area (Å²) in [6, 6.07) is 7.75. The first-order valence-electron chi connectivity index (χ1n) is 8.30. The van der Waals surface area contributed by atoms with Gasteiger partial charge in [-0.2, -0.15) is 4.91 Å². The molecule has 0 unspecified atom stereocenters. The molecule has 2 rings (SSSR count). The number of carbonyl (C=O) groups excluding carboxylic acids is 1. The Balaban J connectivity index is 2.42. The molecule has 0 radical (unpaired) electrons. The summed E-state index contributed by atoms with van der Waals surface area (Å²) < 4.78 is 15.9. The summed E-state index contributed by atoms with van der Waals surface area (Å²) in [6.07, 6.45) is 1.43. The highest BCUT2D eigenvalue weighted by Gasteiger charge is 2.20. The van der Waals surface area contributed by atoms with Gasteiger partial charge in [0.25, 0.3) is 5.91 Å². The molecular weight excluding hydrogens is 469 g/mol. The molecule has 2 aromatic carbocycles. The quantitative estimate of drug-likeness (QED) is 0.177. The molecule has 0 bridgehead atoms. The average Bonchev–Trinajstić information content (AvgIpc) is 2.67. The molecule has 0 saturated heterocycles. The standard InChI is InChI=1S/C18H18BrClFN5O3/c1-26(2)10-22-15-6-4-12(18(27)25-29-8-7-23-28)17(16(15)21)24-14-5-3-11(19)9-13(14)20/h3-6,9-10,24H,7-8H2,1-2H3,(H,25,27). The van der Waals surface area contributed by atoms with E-state index in [0.29, 0.717) is 10.7 Å². The van der Waals surface area contributed by atoms with E-state index in [2.05, 4.69) is 36.9 Å². The van der Waals surface area contributed by atoms with Crippen LogP contribution in [0.3, 0.4) is 0 Å². The van der Waals surface area contributed by atoms with E-state index in [1.165, 1.54) is 18.5 Å². The zero-order chi connectivity index (χ0) is 21.4. The first kappa shape index (κ1) is 22.7. The van der Waals surface area contributed by atoms with Crippen molar-refractivity contribution in [3.05, 3.63) is 56.1 Å². The monoisotopic (exact) mass is 485 g/mol. The third-order valence-corrected chi connectivity index (χ3v) is 4.24. The van der Waals surface area contributed by atoms with Crippen LogP contribution in [0, 0.1) is 10.7 Å². The molecule has 11 heteroatoms. The highest BCUT2D eigenvalue weighted by atomic mass is 79.9. The Hall–Kier alpha value is -2.56. The summed E-state index contributed by atoms with van der Waals surface area (Å²) >= 11 is 9.51. The normalized spacial score (nSPS) is 10.8. The van der Waals surface area contributed by atoms with Gasteiger partial charge in [0.15, 0.2) is 5.82 Å². The van der Waals surface area contributed by atoms with Crippen LogP contribution in [0.2, 0.25) is 5.02 Å². The number of nitrogens with zero attached hydrogens (tertiary/aromatic N) is 3. The average molecular weight is 487 g/mol. The van der Waals surface area contributed by atoms with Gasteiger partial charge in [-0.05, 0) is 30.3 Å². The fraction of sp³-hybridized carbons (Fsp3) is 0.222. The lowest BCUT2D eigenvalue weighted by molar-refractivity contribution is 0.0344. The summed E-state index contributed by atoms with van der Waals surface area (Å²) in [5.74, 6) is -1.46. The molecule has 0 saturated carbocycles. The number of hydroxylamine groups is 1.